The lowest BCUT2D eigenvalue weighted by Gasteiger charge is -2.11. The van der Waals surface area contributed by atoms with Gasteiger partial charge in [0.1, 0.15) is 18.4 Å². The highest BCUT2D eigenvalue weighted by Gasteiger charge is 2.33. The van der Waals surface area contributed by atoms with E-state index < -0.39 is 0 Å². The zero-order valence-electron chi connectivity index (χ0n) is 6.86. The van der Waals surface area contributed by atoms with Crippen molar-refractivity contribution < 1.29 is 14.4 Å². The van der Waals surface area contributed by atoms with Crippen molar-refractivity contribution in [1.29, 1.82) is 0 Å². The number of rotatable bonds is 4. The van der Waals surface area contributed by atoms with Gasteiger partial charge in [-0.3, -0.25) is 4.79 Å². The summed E-state index contributed by atoms with van der Waals surface area (Å²) in [4.78, 5) is 31.6. The van der Waals surface area contributed by atoms with Gasteiger partial charge in [0.05, 0.1) is 0 Å². The first-order valence-corrected chi connectivity index (χ1v) is 4.19. The number of carbonyl (C=O) groups excluding carboxylic acids is 3. The van der Waals surface area contributed by atoms with Gasteiger partial charge in [-0.25, -0.2) is 0 Å². The number of hydrogen-bond donors (Lipinski definition) is 0. The molecule has 0 radical (unpaired) electrons. The molecule has 0 aromatic heterocycles. The molecule has 0 amide bonds. The van der Waals surface area contributed by atoms with Crippen LogP contribution in [-0.4, -0.2) is 18.4 Å². The number of aldehydes is 2. The minimum Gasteiger partial charge on any atom is -0.303 e. The summed E-state index contributed by atoms with van der Waals surface area (Å²) in [7, 11) is 0. The van der Waals surface area contributed by atoms with Crippen LogP contribution in [0.15, 0.2) is 0 Å². The Balaban J connectivity index is 2.56. The molecule has 0 heterocycles. The minimum atomic E-state index is -0.173. The van der Waals surface area contributed by atoms with E-state index in [0.29, 0.717) is 12.8 Å². The van der Waals surface area contributed by atoms with Crippen molar-refractivity contribution in [3.05, 3.63) is 0 Å². The molecule has 3 nitrogen and oxygen atoms in total. The van der Waals surface area contributed by atoms with Crippen LogP contribution in [0.1, 0.15) is 25.7 Å². The van der Waals surface area contributed by atoms with E-state index in [1.165, 1.54) is 0 Å². The molecule has 1 aliphatic carbocycles. The second kappa shape index (κ2) is 4.14. The van der Waals surface area contributed by atoms with Gasteiger partial charge in [0.15, 0.2) is 0 Å². The van der Waals surface area contributed by atoms with Crippen LogP contribution in [0.4, 0.5) is 0 Å². The monoisotopic (exact) mass is 168 g/mol. The molecule has 2 atom stereocenters. The van der Waals surface area contributed by atoms with Crippen LogP contribution in [0.2, 0.25) is 0 Å². The Morgan fingerprint density at radius 3 is 2.50 bits per heavy atom. The topological polar surface area (TPSA) is 51.2 Å². The van der Waals surface area contributed by atoms with Crippen molar-refractivity contribution in [2.24, 2.45) is 11.8 Å². The number of Topliss-reactive ketones (excluding diaryl/α,β-unsaturated/α-hetero) is 1. The van der Waals surface area contributed by atoms with Gasteiger partial charge in [0.25, 0.3) is 0 Å². The molecule has 1 aliphatic rings. The lowest BCUT2D eigenvalue weighted by molar-refractivity contribution is -0.123. The molecule has 0 aromatic rings. The Morgan fingerprint density at radius 2 is 1.92 bits per heavy atom. The Labute approximate surface area is 71.1 Å². The number of carbonyl (C=O) groups is 3. The molecule has 1 fully saturated rings. The zero-order valence-corrected chi connectivity index (χ0v) is 6.86. The SMILES string of the molecule is O=CC[C@@H]1CCC(=O)[C@H]1CC=O. The van der Waals surface area contributed by atoms with E-state index in [4.69, 9.17) is 0 Å². The van der Waals surface area contributed by atoms with Crippen LogP contribution < -0.4 is 0 Å². The Morgan fingerprint density at radius 1 is 1.25 bits per heavy atom. The van der Waals surface area contributed by atoms with Crippen molar-refractivity contribution in [3.63, 3.8) is 0 Å². The molecule has 66 valence electrons. The standard InChI is InChI=1S/C9H12O3/c10-5-3-7-1-2-9(12)8(7)4-6-11/h5-8H,1-4H2/t7-,8-/m0/s1. The van der Waals surface area contributed by atoms with Crippen molar-refractivity contribution in [1.82, 2.24) is 0 Å². The fourth-order valence-corrected chi connectivity index (χ4v) is 1.81. The van der Waals surface area contributed by atoms with Crippen LogP contribution in [0.5, 0.6) is 0 Å². The summed E-state index contributed by atoms with van der Waals surface area (Å²) in [5.41, 5.74) is 0. The predicted octanol–water partition coefficient (Wildman–Crippen LogP) is 0.760. The van der Waals surface area contributed by atoms with Crippen molar-refractivity contribution in [2.45, 2.75) is 25.7 Å². The summed E-state index contributed by atoms with van der Waals surface area (Å²) in [5.74, 6) is 0.0989. The third kappa shape index (κ3) is 1.78. The summed E-state index contributed by atoms with van der Waals surface area (Å²) < 4.78 is 0. The van der Waals surface area contributed by atoms with Crippen LogP contribution in [0.3, 0.4) is 0 Å². The quantitative estimate of drug-likeness (QED) is 0.582. The first-order valence-electron chi connectivity index (χ1n) is 4.19. The fourth-order valence-electron chi connectivity index (χ4n) is 1.81. The highest BCUT2D eigenvalue weighted by molar-refractivity contribution is 5.85. The van der Waals surface area contributed by atoms with E-state index in [2.05, 4.69) is 0 Å². The Bertz CT molecular complexity index is 198. The molecule has 0 aromatic carbocycles. The van der Waals surface area contributed by atoms with E-state index in [-0.39, 0.29) is 24.0 Å². The molecule has 0 spiro atoms. The van der Waals surface area contributed by atoms with E-state index >= 15 is 0 Å². The summed E-state index contributed by atoms with van der Waals surface area (Å²) in [5, 5.41) is 0. The third-order valence-corrected chi connectivity index (χ3v) is 2.49. The van der Waals surface area contributed by atoms with E-state index in [0.717, 1.165) is 19.0 Å². The van der Waals surface area contributed by atoms with Gasteiger partial charge in [0.2, 0.25) is 0 Å². The third-order valence-electron chi connectivity index (χ3n) is 2.49. The smallest absolute Gasteiger partial charge is 0.136 e. The molecule has 0 bridgehead atoms. The highest BCUT2D eigenvalue weighted by Crippen LogP contribution is 2.32. The highest BCUT2D eigenvalue weighted by atomic mass is 16.1. The summed E-state index contributed by atoms with van der Waals surface area (Å²) in [6, 6.07) is 0. The number of hydrogen-bond acceptors (Lipinski definition) is 3. The molecular weight excluding hydrogens is 156 g/mol. The maximum atomic E-state index is 11.2. The lowest BCUT2D eigenvalue weighted by Crippen LogP contribution is -2.15. The normalized spacial score (nSPS) is 28.8. The van der Waals surface area contributed by atoms with Crippen LogP contribution in [-0.2, 0) is 14.4 Å². The van der Waals surface area contributed by atoms with Gasteiger partial charge in [-0.15, -0.1) is 0 Å². The van der Waals surface area contributed by atoms with Crippen LogP contribution >= 0.6 is 0 Å². The van der Waals surface area contributed by atoms with Crippen molar-refractivity contribution in [3.8, 4) is 0 Å². The molecule has 0 unspecified atom stereocenters. The molecule has 1 saturated carbocycles. The molecule has 0 N–H and O–H groups in total. The van der Waals surface area contributed by atoms with Gasteiger partial charge >= 0.3 is 0 Å². The second-order valence-electron chi connectivity index (χ2n) is 3.18. The molecule has 0 saturated heterocycles. The van der Waals surface area contributed by atoms with Gasteiger partial charge in [-0.05, 0) is 12.3 Å². The van der Waals surface area contributed by atoms with Crippen molar-refractivity contribution >= 4 is 18.4 Å². The minimum absolute atomic E-state index is 0.125. The molecular formula is C9H12O3. The van der Waals surface area contributed by atoms with Crippen LogP contribution in [0.25, 0.3) is 0 Å². The molecule has 3 heteroatoms. The van der Waals surface area contributed by atoms with Gasteiger partial charge in [-0.2, -0.15) is 0 Å². The second-order valence-corrected chi connectivity index (χ2v) is 3.18. The maximum absolute atomic E-state index is 11.2. The van der Waals surface area contributed by atoms with E-state index in [1.807, 2.05) is 0 Å². The maximum Gasteiger partial charge on any atom is 0.136 e. The van der Waals surface area contributed by atoms with Gasteiger partial charge in [-0.1, -0.05) is 0 Å². The van der Waals surface area contributed by atoms with Crippen molar-refractivity contribution in [2.75, 3.05) is 0 Å². The zero-order chi connectivity index (χ0) is 8.97. The Hall–Kier alpha value is -0.990. The van der Waals surface area contributed by atoms with E-state index in [9.17, 15) is 14.4 Å². The van der Waals surface area contributed by atoms with Crippen LogP contribution in [0, 0.1) is 11.8 Å². The summed E-state index contributed by atoms with van der Waals surface area (Å²) in [6.07, 6.45) is 3.63. The first kappa shape index (κ1) is 9.10. The van der Waals surface area contributed by atoms with Gasteiger partial charge in [0, 0.05) is 25.2 Å². The predicted molar refractivity (Wildman–Crippen MR) is 42.6 cm³/mol. The first-order chi connectivity index (χ1) is 5.79. The Kier molecular flexibility index (Phi) is 3.14. The largest absolute Gasteiger partial charge is 0.303 e. The fraction of sp³-hybridized carbons (Fsp3) is 0.667. The summed E-state index contributed by atoms with van der Waals surface area (Å²) in [6.45, 7) is 0. The molecule has 0 aliphatic heterocycles. The van der Waals surface area contributed by atoms with E-state index in [1.54, 1.807) is 0 Å². The average molecular weight is 168 g/mol. The van der Waals surface area contributed by atoms with Gasteiger partial charge < -0.3 is 9.59 Å². The molecule has 12 heavy (non-hydrogen) atoms. The number of ketones is 1. The molecule has 1 rings (SSSR count). The average Bonchev–Trinajstić information content (AvgIpc) is 2.37. The lowest BCUT2D eigenvalue weighted by atomic mass is 9.91. The summed E-state index contributed by atoms with van der Waals surface area (Å²) >= 11 is 0.